The molecule has 2 rings (SSSR count). The number of nitrogens with zero attached hydrogens (tertiary/aromatic N) is 2. The van der Waals surface area contributed by atoms with Gasteiger partial charge in [0.05, 0.1) is 16.4 Å². The second kappa shape index (κ2) is 5.10. The number of hydrogen-bond donors (Lipinski definition) is 0. The molecule has 2 aromatic rings. The van der Waals surface area contributed by atoms with E-state index >= 15 is 0 Å². The van der Waals surface area contributed by atoms with Crippen molar-refractivity contribution in [3.05, 3.63) is 53.7 Å². The first-order valence-electron chi connectivity index (χ1n) is 4.39. The Hall–Kier alpha value is -0.360. The van der Waals surface area contributed by atoms with Crippen LogP contribution in [0.4, 0.5) is 0 Å². The molecule has 0 saturated carbocycles. The molecule has 0 saturated heterocycles. The van der Waals surface area contributed by atoms with Crippen molar-refractivity contribution < 1.29 is 0 Å². The maximum atomic E-state index is 12.0. The van der Waals surface area contributed by atoms with Crippen LogP contribution in [0.5, 0.6) is 0 Å². The highest BCUT2D eigenvalue weighted by Gasteiger charge is 2.09. The Bertz CT molecular complexity index is 622. The standard InChI is InChI=1S/C10H4Br2Cl2N2O/c11-8-4-15-16(10(17)9(8)12)7-2-5(13)1-6(14)3-7/h1-4H. The topological polar surface area (TPSA) is 34.9 Å². The summed E-state index contributed by atoms with van der Waals surface area (Å²) < 4.78 is 2.20. The summed E-state index contributed by atoms with van der Waals surface area (Å²) in [6.07, 6.45) is 1.51. The van der Waals surface area contributed by atoms with Crippen LogP contribution in [0.25, 0.3) is 5.69 Å². The molecule has 0 aliphatic heterocycles. The van der Waals surface area contributed by atoms with Crippen molar-refractivity contribution in [1.82, 2.24) is 9.78 Å². The molecule has 88 valence electrons. The van der Waals surface area contributed by atoms with Crippen molar-refractivity contribution in [2.24, 2.45) is 0 Å². The van der Waals surface area contributed by atoms with Gasteiger partial charge in [0.25, 0.3) is 5.56 Å². The van der Waals surface area contributed by atoms with Gasteiger partial charge < -0.3 is 0 Å². The highest BCUT2D eigenvalue weighted by molar-refractivity contribution is 9.13. The molecule has 0 bridgehead atoms. The van der Waals surface area contributed by atoms with Gasteiger partial charge in [-0.2, -0.15) is 9.78 Å². The molecule has 0 atom stereocenters. The second-order valence-corrected chi connectivity index (χ2v) is 5.67. The van der Waals surface area contributed by atoms with Gasteiger partial charge in [-0.1, -0.05) is 23.2 Å². The van der Waals surface area contributed by atoms with Gasteiger partial charge in [-0.05, 0) is 50.1 Å². The Morgan fingerprint density at radius 2 is 1.71 bits per heavy atom. The molecule has 1 heterocycles. The summed E-state index contributed by atoms with van der Waals surface area (Å²) in [6.45, 7) is 0. The summed E-state index contributed by atoms with van der Waals surface area (Å²) in [5.74, 6) is 0. The minimum absolute atomic E-state index is 0.294. The Morgan fingerprint density at radius 1 is 1.12 bits per heavy atom. The van der Waals surface area contributed by atoms with Gasteiger partial charge in [-0.15, -0.1) is 0 Å². The molecule has 3 nitrogen and oxygen atoms in total. The lowest BCUT2D eigenvalue weighted by molar-refractivity contribution is 0.796. The van der Waals surface area contributed by atoms with Gasteiger partial charge in [0, 0.05) is 10.0 Å². The van der Waals surface area contributed by atoms with Crippen LogP contribution in [0.1, 0.15) is 0 Å². The van der Waals surface area contributed by atoms with Crippen molar-refractivity contribution in [2.45, 2.75) is 0 Å². The van der Waals surface area contributed by atoms with Gasteiger partial charge >= 0.3 is 0 Å². The summed E-state index contributed by atoms with van der Waals surface area (Å²) in [4.78, 5) is 12.0. The Balaban J connectivity index is 2.69. The zero-order valence-electron chi connectivity index (χ0n) is 8.12. The van der Waals surface area contributed by atoms with Gasteiger partial charge in [0.2, 0.25) is 0 Å². The van der Waals surface area contributed by atoms with Crippen molar-refractivity contribution in [3.8, 4) is 5.69 Å². The first-order chi connectivity index (χ1) is 7.99. The fourth-order valence-corrected chi connectivity index (χ4v) is 2.30. The monoisotopic (exact) mass is 396 g/mol. The number of halogens is 4. The third-order valence-corrected chi connectivity index (χ3v) is 4.30. The predicted octanol–water partition coefficient (Wildman–Crippen LogP) is 4.06. The second-order valence-electron chi connectivity index (χ2n) is 3.15. The van der Waals surface area contributed by atoms with E-state index in [9.17, 15) is 4.79 Å². The first kappa shape index (κ1) is 13.1. The van der Waals surface area contributed by atoms with Crippen molar-refractivity contribution >= 4 is 55.1 Å². The fourth-order valence-electron chi connectivity index (χ4n) is 1.26. The van der Waals surface area contributed by atoms with Crippen molar-refractivity contribution in [3.63, 3.8) is 0 Å². The maximum absolute atomic E-state index is 12.0. The molecule has 0 aliphatic rings. The Kier molecular flexibility index (Phi) is 3.92. The van der Waals surface area contributed by atoms with Crippen LogP contribution in [0.2, 0.25) is 10.0 Å². The number of hydrogen-bond acceptors (Lipinski definition) is 2. The largest absolute Gasteiger partial charge is 0.286 e. The van der Waals surface area contributed by atoms with E-state index in [0.717, 1.165) is 0 Å². The molecule has 0 spiro atoms. The molecule has 1 aromatic heterocycles. The van der Waals surface area contributed by atoms with Gasteiger partial charge in [0.15, 0.2) is 0 Å². The molecule has 0 fully saturated rings. The molecule has 7 heteroatoms. The van der Waals surface area contributed by atoms with Gasteiger partial charge in [0.1, 0.15) is 4.47 Å². The number of aromatic nitrogens is 2. The lowest BCUT2D eigenvalue weighted by Crippen LogP contribution is -2.21. The molecule has 0 amide bonds. The van der Waals surface area contributed by atoms with Gasteiger partial charge in [-0.3, -0.25) is 4.79 Å². The predicted molar refractivity (Wildman–Crippen MR) is 75.3 cm³/mol. The van der Waals surface area contributed by atoms with E-state index in [-0.39, 0.29) is 5.56 Å². The first-order valence-corrected chi connectivity index (χ1v) is 6.73. The van der Waals surface area contributed by atoms with Crippen LogP contribution in [-0.2, 0) is 0 Å². The van der Waals surface area contributed by atoms with E-state index in [1.807, 2.05) is 0 Å². The van der Waals surface area contributed by atoms with E-state index in [4.69, 9.17) is 23.2 Å². The molecule has 0 unspecified atom stereocenters. The minimum Gasteiger partial charge on any atom is -0.266 e. The van der Waals surface area contributed by atoms with Crippen LogP contribution in [0.3, 0.4) is 0 Å². The van der Waals surface area contributed by atoms with Crippen LogP contribution in [0, 0.1) is 0 Å². The molecule has 0 radical (unpaired) electrons. The Labute approximate surface area is 124 Å². The van der Waals surface area contributed by atoms with E-state index in [2.05, 4.69) is 37.0 Å². The highest BCUT2D eigenvalue weighted by atomic mass is 79.9. The van der Waals surface area contributed by atoms with E-state index in [0.29, 0.717) is 24.7 Å². The summed E-state index contributed by atoms with van der Waals surface area (Å²) in [7, 11) is 0. The quantitative estimate of drug-likeness (QED) is 0.726. The normalized spacial score (nSPS) is 10.6. The third-order valence-electron chi connectivity index (χ3n) is 1.97. The highest BCUT2D eigenvalue weighted by Crippen LogP contribution is 2.22. The molecule has 17 heavy (non-hydrogen) atoms. The zero-order valence-corrected chi connectivity index (χ0v) is 12.8. The van der Waals surface area contributed by atoms with Crippen LogP contribution < -0.4 is 5.56 Å². The van der Waals surface area contributed by atoms with E-state index in [1.54, 1.807) is 18.2 Å². The van der Waals surface area contributed by atoms with Crippen LogP contribution in [0.15, 0.2) is 38.1 Å². The third kappa shape index (κ3) is 2.73. The summed E-state index contributed by atoms with van der Waals surface area (Å²) in [5, 5.41) is 4.89. The van der Waals surface area contributed by atoms with Gasteiger partial charge in [-0.25, -0.2) is 0 Å². The van der Waals surface area contributed by atoms with Crippen LogP contribution >= 0.6 is 55.1 Å². The maximum Gasteiger partial charge on any atom is 0.286 e. The molecular formula is C10H4Br2Cl2N2O. The average molecular weight is 399 g/mol. The smallest absolute Gasteiger partial charge is 0.266 e. The Morgan fingerprint density at radius 3 is 2.29 bits per heavy atom. The zero-order chi connectivity index (χ0) is 12.6. The SMILES string of the molecule is O=c1c(Br)c(Br)cnn1-c1cc(Cl)cc(Cl)c1. The van der Waals surface area contributed by atoms with Crippen molar-refractivity contribution in [2.75, 3.05) is 0 Å². The number of benzene rings is 1. The molecule has 1 aromatic carbocycles. The van der Waals surface area contributed by atoms with E-state index in [1.165, 1.54) is 10.9 Å². The summed E-state index contributed by atoms with van der Waals surface area (Å²) in [6, 6.07) is 4.82. The van der Waals surface area contributed by atoms with E-state index < -0.39 is 0 Å². The lowest BCUT2D eigenvalue weighted by Gasteiger charge is -2.06. The molecular weight excluding hydrogens is 395 g/mol. The molecule has 0 N–H and O–H groups in total. The minimum atomic E-state index is -0.294. The average Bonchev–Trinajstić information content (AvgIpc) is 2.24. The molecule has 0 aliphatic carbocycles. The fraction of sp³-hybridized carbons (Fsp3) is 0. The summed E-state index contributed by atoms with van der Waals surface area (Å²) in [5.41, 5.74) is 0.221. The lowest BCUT2D eigenvalue weighted by atomic mass is 10.3. The summed E-state index contributed by atoms with van der Waals surface area (Å²) >= 11 is 18.1. The van der Waals surface area contributed by atoms with Crippen LogP contribution in [-0.4, -0.2) is 9.78 Å². The van der Waals surface area contributed by atoms with Crippen molar-refractivity contribution in [1.29, 1.82) is 0 Å². The number of rotatable bonds is 1.